The zero-order valence-corrected chi connectivity index (χ0v) is 15.6. The van der Waals surface area contributed by atoms with Crippen molar-refractivity contribution in [1.29, 1.82) is 0 Å². The van der Waals surface area contributed by atoms with Gasteiger partial charge in [-0.15, -0.1) is 0 Å². The van der Waals surface area contributed by atoms with Gasteiger partial charge in [0.2, 0.25) is 0 Å². The third kappa shape index (κ3) is 8.03. The van der Waals surface area contributed by atoms with Gasteiger partial charge in [0.25, 0.3) is 5.56 Å². The van der Waals surface area contributed by atoms with Gasteiger partial charge in [0, 0.05) is 31.4 Å². The number of hydrogen-bond acceptors (Lipinski definition) is 8. The number of nitrogens with one attached hydrogen (secondary N) is 1. The maximum Gasteiger partial charge on any atom is 0.469 e. The number of ether oxygens (including phenoxy) is 1. The van der Waals surface area contributed by atoms with Crippen molar-refractivity contribution in [3.05, 3.63) is 32.6 Å². The molecule has 0 bridgehead atoms. The van der Waals surface area contributed by atoms with E-state index in [1.54, 1.807) is 0 Å². The van der Waals surface area contributed by atoms with Crippen LogP contribution in [-0.4, -0.2) is 66.7 Å². The average molecular weight is 412 g/mol. The topological polar surface area (TPSA) is 192 Å². The predicted octanol–water partition coefficient (Wildman–Crippen LogP) is -1.65. The Balaban J connectivity index is 0.000000527. The zero-order valence-electron chi connectivity index (χ0n) is 14.7. The first-order valence-corrected chi connectivity index (χ1v) is 9.69. The van der Waals surface area contributed by atoms with Gasteiger partial charge in [-0.25, -0.2) is 9.36 Å². The third-order valence-electron chi connectivity index (χ3n) is 3.63. The van der Waals surface area contributed by atoms with Crippen LogP contribution in [0.3, 0.4) is 0 Å². The first-order chi connectivity index (χ1) is 12.6. The van der Waals surface area contributed by atoms with E-state index in [-0.39, 0.29) is 19.6 Å². The largest absolute Gasteiger partial charge is 0.469 e. The lowest BCUT2D eigenvalue weighted by atomic mass is 10.2. The number of phosphoric ester groups is 1. The average Bonchev–Trinajstić information content (AvgIpc) is 2.95. The maximum atomic E-state index is 11.7. The normalized spacial score (nSPS) is 22.4. The Hall–Kier alpha value is -1.37. The molecular formula is C14H25N2O10P. The molecule has 0 saturated carbocycles. The first kappa shape index (κ1) is 23.7. The molecule has 6 N–H and O–H groups in total. The molecule has 12 nitrogen and oxygen atoms in total. The molecule has 1 aliphatic rings. The summed E-state index contributed by atoms with van der Waals surface area (Å²) in [6.07, 6.45) is -0.130. The van der Waals surface area contributed by atoms with Crippen LogP contribution in [0.5, 0.6) is 0 Å². The minimum absolute atomic E-state index is 0.0283. The highest BCUT2D eigenvalue weighted by Crippen LogP contribution is 2.38. The van der Waals surface area contributed by atoms with Gasteiger partial charge in [0.15, 0.2) is 0 Å². The second-order valence-electron chi connectivity index (χ2n) is 5.85. The number of phosphoric acid groups is 1. The van der Waals surface area contributed by atoms with Crippen molar-refractivity contribution in [2.24, 2.45) is 0 Å². The van der Waals surface area contributed by atoms with E-state index in [4.69, 9.17) is 24.7 Å². The molecule has 2 heterocycles. The summed E-state index contributed by atoms with van der Waals surface area (Å²) in [7, 11) is -4.67. The molecule has 0 radical (unpaired) electrons. The smallest absolute Gasteiger partial charge is 0.396 e. The summed E-state index contributed by atoms with van der Waals surface area (Å²) in [6, 6.07) is 0. The molecule has 1 aromatic rings. The Kier molecular flexibility index (Phi) is 9.50. The highest BCUT2D eigenvalue weighted by Gasteiger charge is 2.37. The van der Waals surface area contributed by atoms with Crippen molar-refractivity contribution >= 4 is 7.82 Å². The molecule has 0 unspecified atom stereocenters. The lowest BCUT2D eigenvalue weighted by Gasteiger charge is -2.16. The summed E-state index contributed by atoms with van der Waals surface area (Å²) in [6.45, 7) is 1.38. The lowest BCUT2D eigenvalue weighted by Crippen LogP contribution is -2.33. The van der Waals surface area contributed by atoms with E-state index in [1.165, 1.54) is 13.1 Å². The summed E-state index contributed by atoms with van der Waals surface area (Å²) in [5.74, 6) is 0. The second kappa shape index (κ2) is 10.8. The molecule has 2 rings (SSSR count). The molecule has 0 aliphatic carbocycles. The SMILES string of the molecule is Cc1cn([C@H]2C[C@H](O)[C@@H](COP(=O)(O)O)O2)c(=O)[nH]c1=O.OCCCCO. The lowest BCUT2D eigenvalue weighted by molar-refractivity contribution is -0.0451. The number of rotatable bonds is 7. The number of aromatic nitrogens is 2. The van der Waals surface area contributed by atoms with Crippen molar-refractivity contribution in [3.63, 3.8) is 0 Å². The first-order valence-electron chi connectivity index (χ1n) is 8.16. The van der Waals surface area contributed by atoms with Crippen LogP contribution in [0, 0.1) is 6.92 Å². The van der Waals surface area contributed by atoms with Gasteiger partial charge in [-0.1, -0.05) is 0 Å². The van der Waals surface area contributed by atoms with Gasteiger partial charge in [-0.05, 0) is 19.8 Å². The van der Waals surface area contributed by atoms with Crippen molar-refractivity contribution in [2.75, 3.05) is 19.8 Å². The Morgan fingerprint density at radius 3 is 2.41 bits per heavy atom. The van der Waals surface area contributed by atoms with Gasteiger partial charge in [0.05, 0.1) is 12.7 Å². The molecule has 0 aromatic carbocycles. The van der Waals surface area contributed by atoms with Gasteiger partial charge >= 0.3 is 13.5 Å². The van der Waals surface area contributed by atoms with Gasteiger partial charge in [0.1, 0.15) is 12.3 Å². The summed E-state index contributed by atoms with van der Waals surface area (Å²) >= 11 is 0. The Morgan fingerprint density at radius 2 is 1.89 bits per heavy atom. The maximum absolute atomic E-state index is 11.7. The Morgan fingerprint density at radius 1 is 1.30 bits per heavy atom. The van der Waals surface area contributed by atoms with E-state index < -0.39 is 44.1 Å². The van der Waals surface area contributed by atoms with Crippen LogP contribution < -0.4 is 11.2 Å². The van der Waals surface area contributed by atoms with Crippen molar-refractivity contribution < 1.29 is 38.9 Å². The fourth-order valence-corrected chi connectivity index (χ4v) is 2.57. The standard InChI is InChI=1S/C10H15N2O8P.C4H10O2/c1-5-3-12(10(15)11-9(5)14)8-2-6(13)7(20-8)4-19-21(16,17)18;5-3-1-2-4-6/h3,6-8,13H,2,4H2,1H3,(H,11,14,15)(H2,16,17,18);5-6H,1-4H2/t6-,7+,8+;/m0./s1. The zero-order chi connectivity index (χ0) is 20.6. The van der Waals surface area contributed by atoms with Crippen LogP contribution >= 0.6 is 7.82 Å². The number of nitrogens with zero attached hydrogens (tertiary/aromatic N) is 1. The number of aryl methyl sites for hydroxylation is 1. The van der Waals surface area contributed by atoms with E-state index in [2.05, 4.69) is 9.51 Å². The van der Waals surface area contributed by atoms with E-state index in [9.17, 15) is 19.3 Å². The van der Waals surface area contributed by atoms with E-state index >= 15 is 0 Å². The molecule has 1 aliphatic heterocycles. The van der Waals surface area contributed by atoms with Gasteiger partial charge < -0.3 is 29.8 Å². The quantitative estimate of drug-likeness (QED) is 0.223. The molecule has 0 spiro atoms. The molecule has 1 aromatic heterocycles. The minimum Gasteiger partial charge on any atom is -0.396 e. The van der Waals surface area contributed by atoms with Gasteiger partial charge in [-0.2, -0.15) is 0 Å². The molecule has 3 atom stereocenters. The van der Waals surface area contributed by atoms with Crippen LogP contribution in [0.25, 0.3) is 0 Å². The van der Waals surface area contributed by atoms with Crippen LogP contribution in [0.2, 0.25) is 0 Å². The van der Waals surface area contributed by atoms with Crippen molar-refractivity contribution in [2.45, 2.75) is 44.6 Å². The van der Waals surface area contributed by atoms with E-state index in [1.807, 2.05) is 0 Å². The number of aliphatic hydroxyl groups is 3. The summed E-state index contributed by atoms with van der Waals surface area (Å²) < 4.78 is 21.4. The summed E-state index contributed by atoms with van der Waals surface area (Å²) in [5.41, 5.74) is -0.918. The van der Waals surface area contributed by atoms with Crippen LogP contribution in [0.4, 0.5) is 0 Å². The molecular weight excluding hydrogens is 387 g/mol. The monoisotopic (exact) mass is 412 g/mol. The third-order valence-corrected chi connectivity index (χ3v) is 4.12. The molecule has 0 amide bonds. The van der Waals surface area contributed by atoms with Crippen LogP contribution in [-0.2, 0) is 13.8 Å². The highest BCUT2D eigenvalue weighted by atomic mass is 31.2. The number of H-pyrrole nitrogens is 1. The van der Waals surface area contributed by atoms with Crippen LogP contribution in [0.1, 0.15) is 31.1 Å². The van der Waals surface area contributed by atoms with Crippen molar-refractivity contribution in [3.8, 4) is 0 Å². The van der Waals surface area contributed by atoms with Crippen molar-refractivity contribution in [1.82, 2.24) is 9.55 Å². The Bertz CT molecular complexity index is 738. The fraction of sp³-hybridized carbons (Fsp3) is 0.714. The molecule has 156 valence electrons. The van der Waals surface area contributed by atoms with Gasteiger partial charge in [-0.3, -0.25) is 18.9 Å². The van der Waals surface area contributed by atoms with Crippen LogP contribution in [0.15, 0.2) is 15.8 Å². The number of hydrogen-bond donors (Lipinski definition) is 6. The summed E-state index contributed by atoms with van der Waals surface area (Å²) in [5, 5.41) is 26.0. The Labute approximate surface area is 154 Å². The fourth-order valence-electron chi connectivity index (χ4n) is 2.23. The minimum atomic E-state index is -4.67. The summed E-state index contributed by atoms with van der Waals surface area (Å²) in [4.78, 5) is 42.3. The van der Waals surface area contributed by atoms with E-state index in [0.29, 0.717) is 5.56 Å². The molecule has 1 fully saturated rings. The molecule has 27 heavy (non-hydrogen) atoms. The number of aromatic amines is 1. The molecule has 13 heteroatoms. The highest BCUT2D eigenvalue weighted by molar-refractivity contribution is 7.46. The van der Waals surface area contributed by atoms with E-state index in [0.717, 1.165) is 17.4 Å². The number of aliphatic hydroxyl groups excluding tert-OH is 3. The molecule has 1 saturated heterocycles. The number of unbranched alkanes of at least 4 members (excludes halogenated alkanes) is 1. The predicted molar refractivity (Wildman–Crippen MR) is 92.0 cm³/mol. The second-order valence-corrected chi connectivity index (χ2v) is 7.09.